The summed E-state index contributed by atoms with van der Waals surface area (Å²) in [5.74, 6) is 1.84. The van der Waals surface area contributed by atoms with E-state index in [0.717, 1.165) is 33.0 Å². The maximum atomic E-state index is 11.4. The fraction of sp³-hybridized carbons (Fsp3) is 0.333. The Hall–Kier alpha value is -1.95. The lowest BCUT2D eigenvalue weighted by Crippen LogP contribution is -2.19. The highest BCUT2D eigenvalue weighted by Gasteiger charge is 2.14. The molecule has 3 rings (SSSR count). The second-order valence-corrected chi connectivity index (χ2v) is 5.72. The predicted molar refractivity (Wildman–Crippen MR) is 82.3 cm³/mol. The molecule has 110 valence electrons. The number of amides is 1. The molecule has 1 N–H and O–H groups in total. The van der Waals surface area contributed by atoms with Crippen LogP contribution in [0.3, 0.4) is 0 Å². The topological polar surface area (TPSA) is 60.5 Å². The minimum absolute atomic E-state index is 0.0107. The molecule has 0 unspecified atom stereocenters. The number of aromatic nitrogens is 1. The number of nitrogens with zero attached hydrogens (tertiary/aromatic N) is 1. The Kier molecular flexibility index (Phi) is 3.88. The molecular formula is C15H16N2O3S. The third-order valence-electron chi connectivity index (χ3n) is 3.24. The molecule has 1 aromatic heterocycles. The van der Waals surface area contributed by atoms with Crippen molar-refractivity contribution >= 4 is 28.6 Å². The molecule has 2 aromatic rings. The number of nitrogens with one attached hydrogen (secondary N) is 1. The van der Waals surface area contributed by atoms with Crippen molar-refractivity contribution in [2.24, 2.45) is 0 Å². The SMILES string of the molecule is CNC(=O)CSc1nc2cc3c(cc2cc1C)OCCO3. The smallest absolute Gasteiger partial charge is 0.230 e. The average Bonchev–Trinajstić information content (AvgIpc) is 2.50. The van der Waals surface area contributed by atoms with Crippen LogP contribution >= 0.6 is 11.8 Å². The maximum Gasteiger partial charge on any atom is 0.230 e. The first-order valence-corrected chi connectivity index (χ1v) is 7.70. The maximum absolute atomic E-state index is 11.4. The van der Waals surface area contributed by atoms with Gasteiger partial charge in [0.25, 0.3) is 0 Å². The minimum atomic E-state index is -0.0107. The fourth-order valence-electron chi connectivity index (χ4n) is 2.15. The highest BCUT2D eigenvalue weighted by atomic mass is 32.2. The van der Waals surface area contributed by atoms with Crippen LogP contribution in [0.15, 0.2) is 23.2 Å². The van der Waals surface area contributed by atoms with Crippen LogP contribution in [0.5, 0.6) is 11.5 Å². The lowest BCUT2D eigenvalue weighted by atomic mass is 10.1. The standard InChI is InChI=1S/C15H16N2O3S/c1-9-5-10-6-12-13(20-4-3-19-12)7-11(10)17-15(9)21-8-14(18)16-2/h5-7H,3-4,8H2,1-2H3,(H,16,18). The van der Waals surface area contributed by atoms with Gasteiger partial charge in [-0.05, 0) is 24.6 Å². The van der Waals surface area contributed by atoms with E-state index < -0.39 is 0 Å². The third kappa shape index (κ3) is 2.90. The van der Waals surface area contributed by atoms with Gasteiger partial charge in [0.1, 0.15) is 18.2 Å². The van der Waals surface area contributed by atoms with Crippen molar-refractivity contribution in [1.82, 2.24) is 10.3 Å². The summed E-state index contributed by atoms with van der Waals surface area (Å²) >= 11 is 1.44. The molecular weight excluding hydrogens is 288 g/mol. The van der Waals surface area contributed by atoms with Gasteiger partial charge < -0.3 is 14.8 Å². The Bertz CT molecular complexity index is 703. The third-order valence-corrected chi connectivity index (χ3v) is 4.33. The Morgan fingerprint density at radius 3 is 2.71 bits per heavy atom. The molecule has 0 fully saturated rings. The Labute approximate surface area is 127 Å². The number of carbonyl (C=O) groups is 1. The largest absolute Gasteiger partial charge is 0.486 e. The minimum Gasteiger partial charge on any atom is -0.486 e. The number of ether oxygens (including phenoxy) is 2. The molecule has 1 aliphatic rings. The zero-order valence-corrected chi connectivity index (χ0v) is 12.8. The van der Waals surface area contributed by atoms with Gasteiger partial charge in [0.15, 0.2) is 11.5 Å². The number of pyridine rings is 1. The molecule has 0 bridgehead atoms. The van der Waals surface area contributed by atoms with E-state index in [-0.39, 0.29) is 5.91 Å². The van der Waals surface area contributed by atoms with Crippen molar-refractivity contribution in [3.05, 3.63) is 23.8 Å². The first-order valence-electron chi connectivity index (χ1n) is 6.72. The lowest BCUT2D eigenvalue weighted by Gasteiger charge is -2.19. The number of rotatable bonds is 3. The van der Waals surface area contributed by atoms with Crippen LogP contribution in [0.2, 0.25) is 0 Å². The van der Waals surface area contributed by atoms with E-state index >= 15 is 0 Å². The van der Waals surface area contributed by atoms with Crippen molar-refractivity contribution in [3.63, 3.8) is 0 Å². The summed E-state index contributed by atoms with van der Waals surface area (Å²) in [5.41, 5.74) is 1.90. The van der Waals surface area contributed by atoms with Crippen molar-refractivity contribution in [3.8, 4) is 11.5 Å². The quantitative estimate of drug-likeness (QED) is 0.881. The number of benzene rings is 1. The highest BCUT2D eigenvalue weighted by Crippen LogP contribution is 2.35. The first kappa shape index (κ1) is 14.0. The molecule has 0 saturated heterocycles. The molecule has 0 radical (unpaired) electrons. The second kappa shape index (κ2) is 5.81. The summed E-state index contributed by atoms with van der Waals surface area (Å²) in [4.78, 5) is 16.0. The van der Waals surface area contributed by atoms with Gasteiger partial charge in [-0.2, -0.15) is 0 Å². The molecule has 1 aliphatic heterocycles. The summed E-state index contributed by atoms with van der Waals surface area (Å²) in [6.07, 6.45) is 0. The Morgan fingerprint density at radius 2 is 2.00 bits per heavy atom. The average molecular weight is 304 g/mol. The van der Waals surface area contributed by atoms with Gasteiger partial charge in [-0.1, -0.05) is 11.8 Å². The van der Waals surface area contributed by atoms with Gasteiger partial charge >= 0.3 is 0 Å². The monoisotopic (exact) mass is 304 g/mol. The lowest BCUT2D eigenvalue weighted by molar-refractivity contribution is -0.118. The summed E-state index contributed by atoms with van der Waals surface area (Å²) in [6.45, 7) is 3.13. The summed E-state index contributed by atoms with van der Waals surface area (Å²) < 4.78 is 11.2. The molecule has 1 aromatic carbocycles. The molecule has 0 spiro atoms. The van der Waals surface area contributed by atoms with Crippen LogP contribution in [0, 0.1) is 6.92 Å². The van der Waals surface area contributed by atoms with Gasteiger partial charge in [0, 0.05) is 18.5 Å². The number of fused-ring (bicyclic) bond motifs is 2. The zero-order valence-electron chi connectivity index (χ0n) is 11.9. The zero-order chi connectivity index (χ0) is 14.8. The van der Waals surface area contributed by atoms with Crippen LogP contribution in [-0.4, -0.2) is 36.9 Å². The number of carbonyl (C=O) groups excluding carboxylic acids is 1. The highest BCUT2D eigenvalue weighted by molar-refractivity contribution is 7.99. The summed E-state index contributed by atoms with van der Waals surface area (Å²) in [6, 6.07) is 5.91. The van der Waals surface area contributed by atoms with Gasteiger partial charge in [-0.25, -0.2) is 4.98 Å². The van der Waals surface area contributed by atoms with Crippen molar-refractivity contribution < 1.29 is 14.3 Å². The summed E-state index contributed by atoms with van der Waals surface area (Å²) in [5, 5.41) is 4.49. The van der Waals surface area contributed by atoms with E-state index in [1.165, 1.54) is 11.8 Å². The molecule has 5 nitrogen and oxygen atoms in total. The van der Waals surface area contributed by atoms with E-state index in [1.54, 1.807) is 7.05 Å². The van der Waals surface area contributed by atoms with E-state index in [1.807, 2.05) is 19.1 Å². The van der Waals surface area contributed by atoms with Gasteiger partial charge in [0.2, 0.25) is 5.91 Å². The van der Waals surface area contributed by atoms with E-state index in [4.69, 9.17) is 9.47 Å². The van der Waals surface area contributed by atoms with Crippen molar-refractivity contribution in [1.29, 1.82) is 0 Å². The molecule has 1 amide bonds. The first-order chi connectivity index (χ1) is 10.2. The number of aryl methyl sites for hydroxylation is 1. The number of hydrogen-bond donors (Lipinski definition) is 1. The summed E-state index contributed by atoms with van der Waals surface area (Å²) in [7, 11) is 1.63. The van der Waals surface area contributed by atoms with Gasteiger partial charge in [-0.3, -0.25) is 4.79 Å². The molecule has 0 atom stereocenters. The van der Waals surface area contributed by atoms with Crippen LogP contribution in [0.4, 0.5) is 0 Å². The number of thioether (sulfide) groups is 1. The molecule has 0 aliphatic carbocycles. The van der Waals surface area contributed by atoms with Crippen LogP contribution in [-0.2, 0) is 4.79 Å². The second-order valence-electron chi connectivity index (χ2n) is 4.76. The van der Waals surface area contributed by atoms with E-state index in [9.17, 15) is 4.79 Å². The van der Waals surface area contributed by atoms with Crippen molar-refractivity contribution in [2.45, 2.75) is 11.9 Å². The normalized spacial score (nSPS) is 13.2. The van der Waals surface area contributed by atoms with Crippen molar-refractivity contribution in [2.75, 3.05) is 26.0 Å². The Balaban J connectivity index is 1.96. The van der Waals surface area contributed by atoms with Gasteiger partial charge in [-0.15, -0.1) is 0 Å². The Morgan fingerprint density at radius 1 is 1.29 bits per heavy atom. The van der Waals surface area contributed by atoms with E-state index in [2.05, 4.69) is 16.4 Å². The van der Waals surface area contributed by atoms with Crippen LogP contribution < -0.4 is 14.8 Å². The van der Waals surface area contributed by atoms with Gasteiger partial charge in [0.05, 0.1) is 11.3 Å². The number of hydrogen-bond acceptors (Lipinski definition) is 5. The van der Waals surface area contributed by atoms with Crippen LogP contribution in [0.1, 0.15) is 5.56 Å². The molecule has 6 heteroatoms. The fourth-order valence-corrected chi connectivity index (χ4v) is 3.01. The molecule has 2 heterocycles. The molecule has 21 heavy (non-hydrogen) atoms. The molecule has 0 saturated carbocycles. The predicted octanol–water partition coefficient (Wildman–Crippen LogP) is 2.15. The van der Waals surface area contributed by atoms with Crippen LogP contribution in [0.25, 0.3) is 10.9 Å². The van der Waals surface area contributed by atoms with E-state index in [0.29, 0.717) is 19.0 Å².